The molecule has 0 saturated carbocycles. The van der Waals surface area contributed by atoms with E-state index in [4.69, 9.17) is 9.47 Å². The Hall–Kier alpha value is 0.270. The van der Waals surface area contributed by atoms with Gasteiger partial charge in [-0.3, -0.25) is 0 Å². The summed E-state index contributed by atoms with van der Waals surface area (Å²) in [6, 6.07) is 0. The second-order valence-electron chi connectivity index (χ2n) is 4.23. The highest BCUT2D eigenvalue weighted by Gasteiger charge is 2.10. The molecule has 0 saturated heterocycles. The molecule has 0 N–H and O–H groups in total. The lowest BCUT2D eigenvalue weighted by Crippen LogP contribution is -2.19. The highest BCUT2D eigenvalue weighted by molar-refractivity contribution is 7.80. The van der Waals surface area contributed by atoms with E-state index in [1.807, 2.05) is 0 Å². The van der Waals surface area contributed by atoms with Gasteiger partial charge in [0.25, 0.3) is 0 Å². The van der Waals surface area contributed by atoms with Crippen molar-refractivity contribution < 1.29 is 9.47 Å². The minimum absolute atomic E-state index is 0.559. The van der Waals surface area contributed by atoms with Gasteiger partial charge in [0.05, 0.1) is 19.8 Å². The molecule has 1 unspecified atom stereocenters. The molecule has 0 aliphatic heterocycles. The van der Waals surface area contributed by atoms with Crippen LogP contribution in [-0.4, -0.2) is 32.2 Å². The van der Waals surface area contributed by atoms with Crippen LogP contribution in [0, 0.1) is 11.8 Å². The van der Waals surface area contributed by atoms with Gasteiger partial charge < -0.3 is 9.47 Å². The highest BCUT2D eigenvalue weighted by Crippen LogP contribution is 2.12. The normalized spacial score (nSPS) is 13.4. The summed E-state index contributed by atoms with van der Waals surface area (Å²) < 4.78 is 11.0. The maximum atomic E-state index is 5.55. The van der Waals surface area contributed by atoms with Gasteiger partial charge in [0.15, 0.2) is 0 Å². The van der Waals surface area contributed by atoms with Crippen LogP contribution in [-0.2, 0) is 9.47 Å². The van der Waals surface area contributed by atoms with Crippen LogP contribution in [0.5, 0.6) is 0 Å². The van der Waals surface area contributed by atoms with Crippen molar-refractivity contribution in [3.8, 4) is 0 Å². The third-order valence-corrected chi connectivity index (χ3v) is 2.99. The van der Waals surface area contributed by atoms with Gasteiger partial charge in [-0.05, 0) is 24.0 Å². The Morgan fingerprint density at radius 1 is 1.07 bits per heavy atom. The van der Waals surface area contributed by atoms with Crippen LogP contribution in [0.15, 0.2) is 0 Å². The van der Waals surface area contributed by atoms with E-state index in [0.717, 1.165) is 32.0 Å². The molecular weight excluding hydrogens is 208 g/mol. The first-order valence-electron chi connectivity index (χ1n) is 5.98. The molecule has 0 amide bonds. The minimum atomic E-state index is 0.559. The second-order valence-corrected chi connectivity index (χ2v) is 4.59. The molecule has 0 spiro atoms. The number of thiol groups is 1. The Morgan fingerprint density at radius 2 is 1.73 bits per heavy atom. The molecule has 0 aliphatic carbocycles. The van der Waals surface area contributed by atoms with E-state index in [2.05, 4.69) is 33.4 Å². The zero-order chi connectivity index (χ0) is 11.5. The number of hydrogen-bond acceptors (Lipinski definition) is 3. The third kappa shape index (κ3) is 9.21. The van der Waals surface area contributed by atoms with Crippen molar-refractivity contribution in [3.63, 3.8) is 0 Å². The standard InChI is InChI=1S/C12H26O2S/c1-4-5-6-13-7-8-14-9-12(10-15)11(2)3/h11-12,15H,4-10H2,1-3H3. The summed E-state index contributed by atoms with van der Waals surface area (Å²) in [5.41, 5.74) is 0. The van der Waals surface area contributed by atoms with Crippen molar-refractivity contribution in [2.45, 2.75) is 33.6 Å². The van der Waals surface area contributed by atoms with Crippen LogP contribution in [0.1, 0.15) is 33.6 Å². The summed E-state index contributed by atoms with van der Waals surface area (Å²) in [5.74, 6) is 2.10. The monoisotopic (exact) mass is 234 g/mol. The van der Waals surface area contributed by atoms with Crippen molar-refractivity contribution in [1.82, 2.24) is 0 Å². The fourth-order valence-corrected chi connectivity index (χ4v) is 1.68. The number of hydrogen-bond donors (Lipinski definition) is 1. The molecule has 0 fully saturated rings. The van der Waals surface area contributed by atoms with Crippen molar-refractivity contribution >= 4 is 12.6 Å². The molecule has 0 aromatic heterocycles. The SMILES string of the molecule is CCCCOCCOCC(CS)C(C)C. The van der Waals surface area contributed by atoms with E-state index < -0.39 is 0 Å². The molecule has 0 rings (SSSR count). The van der Waals surface area contributed by atoms with Gasteiger partial charge in [-0.15, -0.1) is 0 Å². The van der Waals surface area contributed by atoms with E-state index in [0.29, 0.717) is 18.4 Å². The molecule has 0 aliphatic rings. The van der Waals surface area contributed by atoms with Gasteiger partial charge >= 0.3 is 0 Å². The number of rotatable bonds is 10. The second kappa shape index (κ2) is 10.8. The molecule has 0 bridgehead atoms. The van der Waals surface area contributed by atoms with Crippen LogP contribution >= 0.6 is 12.6 Å². The summed E-state index contributed by atoms with van der Waals surface area (Å²) in [6.07, 6.45) is 2.33. The van der Waals surface area contributed by atoms with Crippen LogP contribution in [0.4, 0.5) is 0 Å². The van der Waals surface area contributed by atoms with Gasteiger partial charge in [0.2, 0.25) is 0 Å². The quantitative estimate of drug-likeness (QED) is 0.463. The summed E-state index contributed by atoms with van der Waals surface area (Å²) in [4.78, 5) is 0. The third-order valence-electron chi connectivity index (χ3n) is 2.52. The average Bonchev–Trinajstić information content (AvgIpc) is 2.21. The van der Waals surface area contributed by atoms with Gasteiger partial charge in [-0.25, -0.2) is 0 Å². The van der Waals surface area contributed by atoms with E-state index in [1.165, 1.54) is 6.42 Å². The molecule has 0 aromatic rings. The predicted molar refractivity (Wildman–Crippen MR) is 68.7 cm³/mol. The van der Waals surface area contributed by atoms with Gasteiger partial charge in [-0.1, -0.05) is 27.2 Å². The molecular formula is C12H26O2S. The largest absolute Gasteiger partial charge is 0.379 e. The number of ether oxygens (including phenoxy) is 2. The fraction of sp³-hybridized carbons (Fsp3) is 1.00. The lowest BCUT2D eigenvalue weighted by molar-refractivity contribution is 0.0295. The van der Waals surface area contributed by atoms with Gasteiger partial charge in [0.1, 0.15) is 0 Å². The fourth-order valence-electron chi connectivity index (χ4n) is 1.16. The maximum Gasteiger partial charge on any atom is 0.0700 e. The average molecular weight is 234 g/mol. The van der Waals surface area contributed by atoms with E-state index >= 15 is 0 Å². The summed E-state index contributed by atoms with van der Waals surface area (Å²) >= 11 is 4.31. The van der Waals surface area contributed by atoms with Crippen LogP contribution in [0.3, 0.4) is 0 Å². The first kappa shape index (κ1) is 15.3. The lowest BCUT2D eigenvalue weighted by atomic mass is 9.99. The first-order chi connectivity index (χ1) is 7.22. The Labute approximate surface area is 100 Å². The summed E-state index contributed by atoms with van der Waals surface area (Å²) in [7, 11) is 0. The minimum Gasteiger partial charge on any atom is -0.379 e. The van der Waals surface area contributed by atoms with Crippen LogP contribution in [0.2, 0.25) is 0 Å². The maximum absolute atomic E-state index is 5.55. The van der Waals surface area contributed by atoms with E-state index in [1.54, 1.807) is 0 Å². The van der Waals surface area contributed by atoms with Crippen LogP contribution in [0.25, 0.3) is 0 Å². The van der Waals surface area contributed by atoms with Crippen molar-refractivity contribution in [3.05, 3.63) is 0 Å². The first-order valence-corrected chi connectivity index (χ1v) is 6.62. The summed E-state index contributed by atoms with van der Waals surface area (Å²) in [6.45, 7) is 9.68. The Kier molecular flexibility index (Phi) is 11.0. The molecule has 1 atom stereocenters. The Balaban J connectivity index is 3.22. The van der Waals surface area contributed by atoms with Crippen molar-refractivity contribution in [2.75, 3.05) is 32.2 Å². The van der Waals surface area contributed by atoms with Gasteiger partial charge in [0, 0.05) is 6.61 Å². The smallest absolute Gasteiger partial charge is 0.0700 e. The van der Waals surface area contributed by atoms with Crippen LogP contribution < -0.4 is 0 Å². The molecule has 0 heterocycles. The topological polar surface area (TPSA) is 18.5 Å². The van der Waals surface area contributed by atoms with Crippen molar-refractivity contribution in [1.29, 1.82) is 0 Å². The Morgan fingerprint density at radius 3 is 2.27 bits per heavy atom. The van der Waals surface area contributed by atoms with E-state index in [9.17, 15) is 0 Å². The Bertz CT molecular complexity index is 129. The predicted octanol–water partition coefficient (Wildman–Crippen LogP) is 3.02. The molecule has 0 aromatic carbocycles. The zero-order valence-corrected chi connectivity index (χ0v) is 11.3. The molecule has 3 heteroatoms. The van der Waals surface area contributed by atoms with Gasteiger partial charge in [-0.2, -0.15) is 12.6 Å². The summed E-state index contributed by atoms with van der Waals surface area (Å²) in [5, 5.41) is 0. The zero-order valence-electron chi connectivity index (χ0n) is 10.4. The molecule has 0 radical (unpaired) electrons. The molecule has 2 nitrogen and oxygen atoms in total. The van der Waals surface area contributed by atoms with Crippen molar-refractivity contribution in [2.24, 2.45) is 11.8 Å². The van der Waals surface area contributed by atoms with E-state index in [-0.39, 0.29) is 0 Å². The number of unbranched alkanes of at least 4 members (excludes halogenated alkanes) is 1. The lowest BCUT2D eigenvalue weighted by Gasteiger charge is -2.18. The molecule has 92 valence electrons. The highest BCUT2D eigenvalue weighted by atomic mass is 32.1. The molecule has 15 heavy (non-hydrogen) atoms.